The second kappa shape index (κ2) is 8.81. The van der Waals surface area contributed by atoms with E-state index in [-0.39, 0.29) is 17.9 Å². The van der Waals surface area contributed by atoms with E-state index in [2.05, 4.69) is 17.2 Å². The van der Waals surface area contributed by atoms with E-state index in [0.29, 0.717) is 28.8 Å². The molecule has 0 bridgehead atoms. The first kappa shape index (κ1) is 22.7. The van der Waals surface area contributed by atoms with Gasteiger partial charge in [-0.15, -0.1) is 0 Å². The molecule has 4 nitrogen and oxygen atoms in total. The highest BCUT2D eigenvalue weighted by atomic mass is 19.4. The number of nitrogens with one attached hydrogen (secondary N) is 1. The van der Waals surface area contributed by atoms with Crippen LogP contribution in [0.25, 0.3) is 11.1 Å². The molecule has 1 aliphatic heterocycles. The number of fused-ring (bicyclic) bond motifs is 1. The number of carbonyl (C=O) groups excluding carboxylic acids is 1. The van der Waals surface area contributed by atoms with Crippen molar-refractivity contribution in [2.75, 3.05) is 7.05 Å². The van der Waals surface area contributed by atoms with Gasteiger partial charge in [0.05, 0.1) is 23.0 Å². The topological polar surface area (TPSA) is 54.4 Å². The SMILES string of the molecule is CNC(=O)c1cccc(-c2ccnc3c2C(c2cccc(C(F)(F)F)c2)=NC(C)C(C)C3)c1. The maximum Gasteiger partial charge on any atom is 0.416 e. The molecule has 0 saturated heterocycles. The van der Waals surface area contributed by atoms with Gasteiger partial charge >= 0.3 is 6.18 Å². The summed E-state index contributed by atoms with van der Waals surface area (Å²) in [6.45, 7) is 4.03. The number of nitrogens with zero attached hydrogens (tertiary/aromatic N) is 2. The molecule has 2 heterocycles. The van der Waals surface area contributed by atoms with Crippen LogP contribution in [0.3, 0.4) is 0 Å². The van der Waals surface area contributed by atoms with E-state index >= 15 is 0 Å². The minimum absolute atomic E-state index is 0.103. The van der Waals surface area contributed by atoms with Gasteiger partial charge in [0.15, 0.2) is 0 Å². The normalized spacial score (nSPS) is 18.2. The number of benzene rings is 2. The van der Waals surface area contributed by atoms with Crippen LogP contribution < -0.4 is 5.32 Å². The third-order valence-electron chi connectivity index (χ3n) is 6.06. The van der Waals surface area contributed by atoms with Gasteiger partial charge < -0.3 is 5.32 Å². The summed E-state index contributed by atoms with van der Waals surface area (Å²) in [5.41, 5.74) is 3.70. The van der Waals surface area contributed by atoms with Crippen molar-refractivity contribution in [1.82, 2.24) is 10.3 Å². The van der Waals surface area contributed by atoms with Gasteiger partial charge in [0.1, 0.15) is 0 Å². The zero-order valence-corrected chi connectivity index (χ0v) is 18.6. The van der Waals surface area contributed by atoms with Crippen molar-refractivity contribution in [2.45, 2.75) is 32.5 Å². The fraction of sp³-hybridized carbons (Fsp3) is 0.269. The average molecular weight is 451 g/mol. The molecule has 2 unspecified atom stereocenters. The Morgan fingerprint density at radius 3 is 2.48 bits per heavy atom. The van der Waals surface area contributed by atoms with Crippen LogP contribution in [0, 0.1) is 5.92 Å². The number of hydrogen-bond acceptors (Lipinski definition) is 3. The first-order valence-electron chi connectivity index (χ1n) is 10.7. The summed E-state index contributed by atoms with van der Waals surface area (Å²) >= 11 is 0. The molecular formula is C26H24F3N3O. The predicted molar refractivity (Wildman–Crippen MR) is 122 cm³/mol. The summed E-state index contributed by atoms with van der Waals surface area (Å²) in [6, 6.07) is 14.1. The minimum atomic E-state index is -4.46. The Labute approximate surface area is 190 Å². The van der Waals surface area contributed by atoms with Crippen molar-refractivity contribution in [3.8, 4) is 11.1 Å². The monoisotopic (exact) mass is 451 g/mol. The van der Waals surface area contributed by atoms with Crippen molar-refractivity contribution < 1.29 is 18.0 Å². The molecule has 3 aromatic rings. The van der Waals surface area contributed by atoms with Crippen LogP contribution in [-0.2, 0) is 12.6 Å². The van der Waals surface area contributed by atoms with Crippen LogP contribution >= 0.6 is 0 Å². The van der Waals surface area contributed by atoms with Crippen LogP contribution in [0.2, 0.25) is 0 Å². The highest BCUT2D eigenvalue weighted by Crippen LogP contribution is 2.35. The lowest BCUT2D eigenvalue weighted by Crippen LogP contribution is -2.17. The number of alkyl halides is 3. The number of amides is 1. The molecule has 0 radical (unpaired) electrons. The Morgan fingerprint density at radius 1 is 1.03 bits per heavy atom. The van der Waals surface area contributed by atoms with E-state index in [1.54, 1.807) is 37.5 Å². The van der Waals surface area contributed by atoms with Gasteiger partial charge in [-0.3, -0.25) is 14.8 Å². The molecule has 1 N–H and O–H groups in total. The molecule has 0 saturated carbocycles. The Hall–Kier alpha value is -3.48. The van der Waals surface area contributed by atoms with Crippen molar-refractivity contribution in [1.29, 1.82) is 0 Å². The summed E-state index contributed by atoms with van der Waals surface area (Å²) < 4.78 is 40.4. The molecule has 2 atom stereocenters. The Balaban J connectivity index is 1.96. The van der Waals surface area contributed by atoms with Crippen LogP contribution in [0.5, 0.6) is 0 Å². The summed E-state index contributed by atoms with van der Waals surface area (Å²) in [4.78, 5) is 21.7. The summed E-state index contributed by atoms with van der Waals surface area (Å²) in [5, 5.41) is 2.62. The lowest BCUT2D eigenvalue weighted by Gasteiger charge is -2.17. The number of hydrogen-bond donors (Lipinski definition) is 1. The predicted octanol–water partition coefficient (Wildman–Crippen LogP) is 5.55. The second-order valence-corrected chi connectivity index (χ2v) is 8.32. The molecular weight excluding hydrogens is 427 g/mol. The molecule has 0 spiro atoms. The van der Waals surface area contributed by atoms with Crippen molar-refractivity contribution >= 4 is 11.6 Å². The van der Waals surface area contributed by atoms with Gasteiger partial charge in [0.2, 0.25) is 0 Å². The van der Waals surface area contributed by atoms with E-state index in [0.717, 1.165) is 29.0 Å². The number of halogens is 3. The fourth-order valence-electron chi connectivity index (χ4n) is 4.07. The van der Waals surface area contributed by atoms with Crippen LogP contribution in [0.4, 0.5) is 13.2 Å². The number of aliphatic imine (C=N–C) groups is 1. The van der Waals surface area contributed by atoms with Crippen LogP contribution in [0.15, 0.2) is 65.8 Å². The first-order valence-corrected chi connectivity index (χ1v) is 10.7. The lowest BCUT2D eigenvalue weighted by molar-refractivity contribution is -0.137. The zero-order chi connectivity index (χ0) is 23.8. The van der Waals surface area contributed by atoms with Gasteiger partial charge in [0.25, 0.3) is 5.91 Å². The van der Waals surface area contributed by atoms with Crippen molar-refractivity contribution in [2.24, 2.45) is 10.9 Å². The molecule has 33 heavy (non-hydrogen) atoms. The second-order valence-electron chi connectivity index (χ2n) is 8.32. The molecule has 1 aromatic heterocycles. The highest BCUT2D eigenvalue weighted by Gasteiger charge is 2.32. The first-order chi connectivity index (χ1) is 15.7. The van der Waals surface area contributed by atoms with E-state index in [9.17, 15) is 18.0 Å². The van der Waals surface area contributed by atoms with Gasteiger partial charge in [-0.05, 0) is 60.7 Å². The molecule has 0 aliphatic carbocycles. The summed E-state index contributed by atoms with van der Waals surface area (Å²) in [5.74, 6) is -0.0574. The largest absolute Gasteiger partial charge is 0.416 e. The number of pyridine rings is 1. The Morgan fingerprint density at radius 2 is 1.76 bits per heavy atom. The highest BCUT2D eigenvalue weighted by molar-refractivity contribution is 6.17. The Kier molecular flexibility index (Phi) is 6.06. The van der Waals surface area contributed by atoms with Gasteiger partial charge in [-0.2, -0.15) is 13.2 Å². The maximum absolute atomic E-state index is 13.5. The minimum Gasteiger partial charge on any atom is -0.355 e. The number of aromatic nitrogens is 1. The van der Waals surface area contributed by atoms with E-state index < -0.39 is 11.7 Å². The third kappa shape index (κ3) is 4.53. The lowest BCUT2D eigenvalue weighted by atomic mass is 9.89. The molecule has 2 aromatic carbocycles. The smallest absolute Gasteiger partial charge is 0.355 e. The maximum atomic E-state index is 13.5. The quantitative estimate of drug-likeness (QED) is 0.568. The van der Waals surface area contributed by atoms with E-state index in [4.69, 9.17) is 4.99 Å². The van der Waals surface area contributed by atoms with Crippen LogP contribution in [0.1, 0.15) is 46.6 Å². The van der Waals surface area contributed by atoms with Crippen molar-refractivity contribution in [3.63, 3.8) is 0 Å². The number of rotatable bonds is 3. The summed E-state index contributed by atoms with van der Waals surface area (Å²) in [6.07, 6.45) is -2.11. The average Bonchev–Trinajstić information content (AvgIpc) is 2.94. The Bertz CT molecular complexity index is 1230. The molecule has 7 heteroatoms. The molecule has 4 rings (SSSR count). The molecule has 170 valence electrons. The van der Waals surface area contributed by atoms with Crippen LogP contribution in [-0.4, -0.2) is 29.7 Å². The van der Waals surface area contributed by atoms with Gasteiger partial charge in [0, 0.05) is 29.9 Å². The summed E-state index contributed by atoms with van der Waals surface area (Å²) in [7, 11) is 1.56. The van der Waals surface area contributed by atoms with E-state index in [1.165, 1.54) is 6.07 Å². The third-order valence-corrected chi connectivity index (χ3v) is 6.06. The van der Waals surface area contributed by atoms with E-state index in [1.807, 2.05) is 19.1 Å². The number of carbonyl (C=O) groups is 1. The standard InChI is InChI=1S/C26H24F3N3O/c1-15-12-22-23(21(10-11-31-22)17-6-4-8-19(13-17)25(33)30-3)24(32-16(15)2)18-7-5-9-20(14-18)26(27,28)29/h4-11,13-16H,12H2,1-3H3,(H,30,33). The zero-order valence-electron chi connectivity index (χ0n) is 18.6. The van der Waals surface area contributed by atoms with Gasteiger partial charge in [-0.25, -0.2) is 0 Å². The molecule has 1 amide bonds. The molecule has 0 fully saturated rings. The fourth-order valence-corrected chi connectivity index (χ4v) is 4.07. The van der Waals surface area contributed by atoms with Gasteiger partial charge in [-0.1, -0.05) is 31.2 Å². The molecule has 1 aliphatic rings. The van der Waals surface area contributed by atoms with Crippen molar-refractivity contribution in [3.05, 3.63) is 88.7 Å².